The lowest BCUT2D eigenvalue weighted by atomic mass is 9.94. The quantitative estimate of drug-likeness (QED) is 0.874. The molecule has 0 aliphatic carbocycles. The average molecular weight is 315 g/mol. The summed E-state index contributed by atoms with van der Waals surface area (Å²) < 4.78 is 0. The first-order valence-electron chi connectivity index (χ1n) is 8.86. The second kappa shape index (κ2) is 7.02. The van der Waals surface area contributed by atoms with E-state index in [4.69, 9.17) is 0 Å². The van der Waals surface area contributed by atoms with Crippen molar-refractivity contribution in [2.45, 2.75) is 57.7 Å². The molecule has 0 radical (unpaired) electrons. The van der Waals surface area contributed by atoms with Gasteiger partial charge in [-0.2, -0.15) is 0 Å². The Morgan fingerprint density at radius 2 is 2.13 bits per heavy atom. The van der Waals surface area contributed by atoms with E-state index in [1.807, 2.05) is 0 Å². The van der Waals surface area contributed by atoms with Gasteiger partial charge in [-0.3, -0.25) is 9.69 Å². The van der Waals surface area contributed by atoms with Crippen LogP contribution in [0.25, 0.3) is 0 Å². The maximum absolute atomic E-state index is 12.2. The molecule has 1 fully saturated rings. The van der Waals surface area contributed by atoms with E-state index in [9.17, 15) is 4.79 Å². The predicted molar refractivity (Wildman–Crippen MR) is 93.3 cm³/mol. The van der Waals surface area contributed by atoms with Crippen LogP contribution >= 0.6 is 0 Å². The molecule has 4 nitrogen and oxygen atoms in total. The van der Waals surface area contributed by atoms with Gasteiger partial charge in [0.1, 0.15) is 0 Å². The molecule has 126 valence electrons. The Balaban J connectivity index is 1.51. The summed E-state index contributed by atoms with van der Waals surface area (Å²) in [5, 5.41) is 6.54. The van der Waals surface area contributed by atoms with Crippen molar-refractivity contribution in [2.24, 2.45) is 0 Å². The van der Waals surface area contributed by atoms with Gasteiger partial charge in [0.15, 0.2) is 0 Å². The van der Waals surface area contributed by atoms with Gasteiger partial charge in [0.25, 0.3) is 0 Å². The molecule has 2 heterocycles. The molecule has 2 aliphatic rings. The van der Waals surface area contributed by atoms with E-state index in [1.165, 1.54) is 17.5 Å². The third-order valence-electron chi connectivity index (χ3n) is 5.30. The summed E-state index contributed by atoms with van der Waals surface area (Å²) in [5.41, 5.74) is 2.87. The van der Waals surface area contributed by atoms with Crippen molar-refractivity contribution in [3.8, 4) is 0 Å². The van der Waals surface area contributed by atoms with Gasteiger partial charge in [-0.1, -0.05) is 24.3 Å². The molecule has 1 atom stereocenters. The van der Waals surface area contributed by atoms with Crippen LogP contribution in [0.2, 0.25) is 0 Å². The van der Waals surface area contributed by atoms with Crippen molar-refractivity contribution in [3.05, 3.63) is 35.4 Å². The van der Waals surface area contributed by atoms with Crippen LogP contribution in [0.5, 0.6) is 0 Å². The lowest BCUT2D eigenvalue weighted by Gasteiger charge is -2.41. The van der Waals surface area contributed by atoms with E-state index in [2.05, 4.69) is 53.6 Å². The van der Waals surface area contributed by atoms with Crippen LogP contribution in [-0.2, 0) is 17.8 Å². The van der Waals surface area contributed by atoms with Gasteiger partial charge < -0.3 is 10.6 Å². The number of nitrogens with zero attached hydrogens (tertiary/aromatic N) is 1. The molecule has 0 spiro atoms. The molecular weight excluding hydrogens is 286 g/mol. The van der Waals surface area contributed by atoms with Crippen LogP contribution in [-0.4, -0.2) is 42.0 Å². The normalized spacial score (nSPS) is 21.9. The molecule has 1 aromatic carbocycles. The van der Waals surface area contributed by atoms with Crippen molar-refractivity contribution in [1.82, 2.24) is 15.5 Å². The van der Waals surface area contributed by atoms with E-state index in [-0.39, 0.29) is 11.4 Å². The molecule has 1 amide bonds. The first-order valence-corrected chi connectivity index (χ1v) is 8.86. The second-order valence-electron chi connectivity index (χ2n) is 7.53. The topological polar surface area (TPSA) is 44.4 Å². The number of rotatable bonds is 5. The zero-order valence-corrected chi connectivity index (χ0v) is 14.4. The van der Waals surface area contributed by atoms with Gasteiger partial charge >= 0.3 is 0 Å². The highest BCUT2D eigenvalue weighted by molar-refractivity contribution is 5.76. The first kappa shape index (κ1) is 16.5. The maximum Gasteiger partial charge on any atom is 0.221 e. The molecule has 3 rings (SSSR count). The molecule has 2 aliphatic heterocycles. The van der Waals surface area contributed by atoms with Crippen LogP contribution < -0.4 is 10.6 Å². The number of benzene rings is 1. The van der Waals surface area contributed by atoms with Gasteiger partial charge in [0.2, 0.25) is 5.91 Å². The number of hydrogen-bond donors (Lipinski definition) is 2. The van der Waals surface area contributed by atoms with E-state index in [0.717, 1.165) is 32.5 Å². The highest BCUT2D eigenvalue weighted by atomic mass is 16.1. The Bertz CT molecular complexity index is 549. The van der Waals surface area contributed by atoms with Crippen molar-refractivity contribution < 1.29 is 4.79 Å². The Hall–Kier alpha value is -1.39. The summed E-state index contributed by atoms with van der Waals surface area (Å²) in [7, 11) is 0. The number of nitrogens with one attached hydrogen (secondary N) is 2. The highest BCUT2D eigenvalue weighted by Crippen LogP contribution is 2.25. The van der Waals surface area contributed by atoms with Crippen LogP contribution in [0.1, 0.15) is 44.2 Å². The van der Waals surface area contributed by atoms with Crippen LogP contribution in [0.3, 0.4) is 0 Å². The first-order chi connectivity index (χ1) is 11.0. The number of hydrogen-bond acceptors (Lipinski definition) is 3. The Kier molecular flexibility index (Phi) is 5.02. The molecule has 1 saturated heterocycles. The third kappa shape index (κ3) is 4.12. The number of amides is 1. The standard InChI is InChI=1S/C19H29N3O/c1-19(2,14-21-18(23)12-17-8-5-10-20-17)22-11-9-15-6-3-4-7-16(15)13-22/h3-4,6-7,17,20H,5,8-14H2,1-2H3,(H,21,23). The summed E-state index contributed by atoms with van der Waals surface area (Å²) in [6.07, 6.45) is 4.02. The highest BCUT2D eigenvalue weighted by Gasteiger charge is 2.30. The predicted octanol–water partition coefficient (Wildman–Crippen LogP) is 2.08. The summed E-state index contributed by atoms with van der Waals surface area (Å²) in [6, 6.07) is 9.07. The van der Waals surface area contributed by atoms with Gasteiger partial charge in [0.05, 0.1) is 0 Å². The molecule has 0 saturated carbocycles. The van der Waals surface area contributed by atoms with Gasteiger partial charge in [-0.15, -0.1) is 0 Å². The minimum atomic E-state index is -0.0215. The molecule has 1 aromatic rings. The minimum Gasteiger partial charge on any atom is -0.354 e. The molecule has 1 unspecified atom stereocenters. The third-order valence-corrected chi connectivity index (χ3v) is 5.30. The van der Waals surface area contributed by atoms with Gasteiger partial charge in [-0.25, -0.2) is 0 Å². The number of carbonyl (C=O) groups is 1. The smallest absolute Gasteiger partial charge is 0.221 e. The fourth-order valence-electron chi connectivity index (χ4n) is 3.67. The van der Waals surface area contributed by atoms with E-state index in [1.54, 1.807) is 0 Å². The summed E-state index contributed by atoms with van der Waals surface area (Å²) in [4.78, 5) is 14.6. The fraction of sp³-hybridized carbons (Fsp3) is 0.632. The van der Waals surface area contributed by atoms with Crippen molar-refractivity contribution in [1.29, 1.82) is 0 Å². The maximum atomic E-state index is 12.2. The zero-order chi connectivity index (χ0) is 16.3. The summed E-state index contributed by atoms with van der Waals surface area (Å²) in [6.45, 7) is 8.26. The van der Waals surface area contributed by atoms with Gasteiger partial charge in [0, 0.05) is 37.6 Å². The fourth-order valence-corrected chi connectivity index (χ4v) is 3.67. The molecule has 23 heavy (non-hydrogen) atoms. The average Bonchev–Trinajstić information content (AvgIpc) is 3.05. The second-order valence-corrected chi connectivity index (χ2v) is 7.53. The Morgan fingerprint density at radius 3 is 2.87 bits per heavy atom. The van der Waals surface area contributed by atoms with E-state index >= 15 is 0 Å². The van der Waals surface area contributed by atoms with Crippen molar-refractivity contribution >= 4 is 5.91 Å². The number of fused-ring (bicyclic) bond motifs is 1. The molecule has 0 bridgehead atoms. The van der Waals surface area contributed by atoms with E-state index in [0.29, 0.717) is 19.0 Å². The van der Waals surface area contributed by atoms with Crippen LogP contribution in [0.4, 0.5) is 0 Å². The van der Waals surface area contributed by atoms with Crippen molar-refractivity contribution in [3.63, 3.8) is 0 Å². The van der Waals surface area contributed by atoms with E-state index < -0.39 is 0 Å². The lowest BCUT2D eigenvalue weighted by Crippen LogP contribution is -2.53. The Labute approximate surface area is 139 Å². The SMILES string of the molecule is CC(C)(CNC(=O)CC1CCCN1)N1CCc2ccccc2C1. The van der Waals surface area contributed by atoms with Crippen LogP contribution in [0.15, 0.2) is 24.3 Å². The van der Waals surface area contributed by atoms with Crippen LogP contribution in [0, 0.1) is 0 Å². The minimum absolute atomic E-state index is 0.0215. The molecule has 2 N–H and O–H groups in total. The summed E-state index contributed by atoms with van der Waals surface area (Å²) >= 11 is 0. The zero-order valence-electron chi connectivity index (χ0n) is 14.4. The largest absolute Gasteiger partial charge is 0.354 e. The monoisotopic (exact) mass is 315 g/mol. The summed E-state index contributed by atoms with van der Waals surface area (Å²) in [5.74, 6) is 0.176. The lowest BCUT2D eigenvalue weighted by molar-refractivity contribution is -0.122. The number of carbonyl (C=O) groups excluding carboxylic acids is 1. The Morgan fingerprint density at radius 1 is 1.35 bits per heavy atom. The molecule has 4 heteroatoms. The van der Waals surface area contributed by atoms with Gasteiger partial charge in [-0.05, 0) is 50.8 Å². The molecular formula is C19H29N3O. The van der Waals surface area contributed by atoms with Crippen molar-refractivity contribution in [2.75, 3.05) is 19.6 Å². The molecule has 0 aromatic heterocycles.